The summed E-state index contributed by atoms with van der Waals surface area (Å²) in [5.41, 5.74) is 2.26. The molecular formula is C27H26ClF3N6O. The first kappa shape index (κ1) is 26.1. The summed E-state index contributed by atoms with van der Waals surface area (Å²) in [7, 11) is 2.00. The van der Waals surface area contributed by atoms with E-state index in [1.54, 1.807) is 30.7 Å². The molecule has 0 unspecified atom stereocenters. The van der Waals surface area contributed by atoms with Crippen LogP contribution in [-0.4, -0.2) is 63.5 Å². The molecule has 38 heavy (non-hydrogen) atoms. The maximum atomic E-state index is 13.9. The number of nitrogens with zero attached hydrogens (tertiary/aromatic N) is 5. The first-order chi connectivity index (χ1) is 18.2. The van der Waals surface area contributed by atoms with Gasteiger partial charge in [0.25, 0.3) is 0 Å². The third-order valence-electron chi connectivity index (χ3n) is 6.68. The Hall–Kier alpha value is -3.47. The van der Waals surface area contributed by atoms with Gasteiger partial charge < -0.3 is 10.2 Å². The van der Waals surface area contributed by atoms with E-state index in [2.05, 4.69) is 20.2 Å². The summed E-state index contributed by atoms with van der Waals surface area (Å²) < 4.78 is 43.4. The molecule has 2 aromatic carbocycles. The van der Waals surface area contributed by atoms with Gasteiger partial charge in [0, 0.05) is 55.3 Å². The van der Waals surface area contributed by atoms with E-state index in [1.165, 1.54) is 12.1 Å². The first-order valence-corrected chi connectivity index (χ1v) is 12.5. The summed E-state index contributed by atoms with van der Waals surface area (Å²) in [5, 5.41) is 2.95. The van der Waals surface area contributed by atoms with E-state index >= 15 is 0 Å². The predicted octanol–water partition coefficient (Wildman–Crippen LogP) is 5.02. The molecule has 1 amide bonds. The fourth-order valence-electron chi connectivity index (χ4n) is 4.57. The van der Waals surface area contributed by atoms with Crippen molar-refractivity contribution in [2.24, 2.45) is 0 Å². The van der Waals surface area contributed by atoms with Gasteiger partial charge in [-0.1, -0.05) is 23.7 Å². The number of pyridine rings is 1. The standard InChI is InChI=1S/C27H26ClF3N6O/c1-35-9-11-36(12-10-35)16-19-4-6-20(14-22(19)27(29,30)31)34-25(38)13-18-5-7-21(15-23(18)28)37-17-33-26-24(37)3-2-8-32-26/h2-8,14-15,17H,9-13,16H2,1H3,(H,34,38). The molecule has 3 heterocycles. The summed E-state index contributed by atoms with van der Waals surface area (Å²) in [6, 6.07) is 12.9. The van der Waals surface area contributed by atoms with Crippen molar-refractivity contribution in [2.45, 2.75) is 19.1 Å². The van der Waals surface area contributed by atoms with Crippen LogP contribution in [0.5, 0.6) is 0 Å². The largest absolute Gasteiger partial charge is 0.416 e. The van der Waals surface area contributed by atoms with Crippen molar-refractivity contribution in [1.29, 1.82) is 0 Å². The number of rotatable bonds is 6. The van der Waals surface area contributed by atoms with E-state index in [9.17, 15) is 18.0 Å². The van der Waals surface area contributed by atoms with Gasteiger partial charge in [0.05, 0.1) is 17.5 Å². The molecule has 0 spiro atoms. The monoisotopic (exact) mass is 542 g/mol. The highest BCUT2D eigenvalue weighted by Crippen LogP contribution is 2.35. The minimum absolute atomic E-state index is 0.0876. The lowest BCUT2D eigenvalue weighted by Crippen LogP contribution is -2.44. The van der Waals surface area contributed by atoms with Crippen LogP contribution in [0, 0.1) is 0 Å². The average molecular weight is 543 g/mol. The Morgan fingerprint density at radius 1 is 1.03 bits per heavy atom. The first-order valence-electron chi connectivity index (χ1n) is 12.1. The van der Waals surface area contributed by atoms with Crippen LogP contribution in [-0.2, 0) is 23.9 Å². The van der Waals surface area contributed by atoms with Crippen LogP contribution in [0.25, 0.3) is 16.9 Å². The van der Waals surface area contributed by atoms with Crippen LogP contribution >= 0.6 is 11.6 Å². The van der Waals surface area contributed by atoms with Gasteiger partial charge >= 0.3 is 6.18 Å². The molecule has 1 aliphatic rings. The van der Waals surface area contributed by atoms with Crippen LogP contribution in [0.1, 0.15) is 16.7 Å². The van der Waals surface area contributed by atoms with E-state index in [-0.39, 0.29) is 24.2 Å². The molecule has 11 heteroatoms. The lowest BCUT2D eigenvalue weighted by atomic mass is 10.0. The van der Waals surface area contributed by atoms with Crippen LogP contribution in [0.2, 0.25) is 5.02 Å². The second kappa shape index (κ2) is 10.7. The van der Waals surface area contributed by atoms with Crippen molar-refractivity contribution in [3.05, 3.63) is 82.8 Å². The molecule has 0 radical (unpaired) electrons. The van der Waals surface area contributed by atoms with Crippen molar-refractivity contribution in [2.75, 3.05) is 38.5 Å². The molecule has 198 valence electrons. The fraction of sp³-hybridized carbons (Fsp3) is 0.296. The van der Waals surface area contributed by atoms with E-state index in [0.717, 1.165) is 30.4 Å². The van der Waals surface area contributed by atoms with Crippen molar-refractivity contribution < 1.29 is 18.0 Å². The minimum atomic E-state index is -4.53. The zero-order chi connectivity index (χ0) is 26.9. The van der Waals surface area contributed by atoms with Crippen molar-refractivity contribution in [3.8, 4) is 5.69 Å². The SMILES string of the molecule is CN1CCN(Cc2ccc(NC(=O)Cc3ccc(-n4cnc5ncccc54)cc3Cl)cc2C(F)(F)F)CC1. The number of benzene rings is 2. The molecular weight excluding hydrogens is 517 g/mol. The summed E-state index contributed by atoms with van der Waals surface area (Å²) >= 11 is 6.47. The Balaban J connectivity index is 1.29. The van der Waals surface area contributed by atoms with Gasteiger partial charge in [-0.15, -0.1) is 0 Å². The maximum Gasteiger partial charge on any atom is 0.416 e. The van der Waals surface area contributed by atoms with Crippen molar-refractivity contribution in [1.82, 2.24) is 24.3 Å². The second-order valence-electron chi connectivity index (χ2n) is 9.41. The number of likely N-dealkylation sites (N-methyl/N-ethyl adjacent to an activating group) is 1. The van der Waals surface area contributed by atoms with Crippen LogP contribution < -0.4 is 5.32 Å². The Labute approximate surface area is 222 Å². The Bertz CT molecular complexity index is 1460. The fourth-order valence-corrected chi connectivity index (χ4v) is 4.81. The van der Waals surface area contributed by atoms with Gasteiger partial charge in [-0.2, -0.15) is 13.2 Å². The summed E-state index contributed by atoms with van der Waals surface area (Å²) in [5.74, 6) is -0.461. The van der Waals surface area contributed by atoms with Crippen molar-refractivity contribution >= 4 is 34.4 Å². The van der Waals surface area contributed by atoms with Gasteiger partial charge in [0.2, 0.25) is 5.91 Å². The number of nitrogens with one attached hydrogen (secondary N) is 1. The minimum Gasteiger partial charge on any atom is -0.326 e. The Morgan fingerprint density at radius 3 is 2.53 bits per heavy atom. The molecule has 1 aliphatic heterocycles. The number of alkyl halides is 3. The predicted molar refractivity (Wildman–Crippen MR) is 140 cm³/mol. The van der Waals surface area contributed by atoms with Crippen LogP contribution in [0.15, 0.2) is 61.1 Å². The number of hydrogen-bond donors (Lipinski definition) is 1. The maximum absolute atomic E-state index is 13.9. The highest BCUT2D eigenvalue weighted by molar-refractivity contribution is 6.31. The summed E-state index contributed by atoms with van der Waals surface area (Å²) in [6.45, 7) is 3.25. The summed E-state index contributed by atoms with van der Waals surface area (Å²) in [4.78, 5) is 25.4. The molecule has 4 aromatic rings. The topological polar surface area (TPSA) is 66.3 Å². The van der Waals surface area contributed by atoms with E-state index in [0.29, 0.717) is 29.3 Å². The number of imidazole rings is 1. The van der Waals surface area contributed by atoms with Gasteiger partial charge in [-0.25, -0.2) is 9.97 Å². The summed E-state index contributed by atoms with van der Waals surface area (Å²) in [6.07, 6.45) is -1.32. The molecule has 0 bridgehead atoms. The number of hydrogen-bond acceptors (Lipinski definition) is 5. The molecule has 7 nitrogen and oxygen atoms in total. The number of carbonyl (C=O) groups is 1. The van der Waals surface area contributed by atoms with Gasteiger partial charge in [0.15, 0.2) is 5.65 Å². The molecule has 0 atom stereocenters. The van der Waals surface area contributed by atoms with Gasteiger partial charge in [-0.3, -0.25) is 14.3 Å². The molecule has 1 saturated heterocycles. The molecule has 0 saturated carbocycles. The number of fused-ring (bicyclic) bond motifs is 1. The highest BCUT2D eigenvalue weighted by Gasteiger charge is 2.34. The number of piperazine rings is 1. The molecule has 1 N–H and O–H groups in total. The number of aromatic nitrogens is 3. The molecule has 2 aromatic heterocycles. The second-order valence-corrected chi connectivity index (χ2v) is 9.82. The Morgan fingerprint density at radius 2 is 1.79 bits per heavy atom. The normalized spacial score (nSPS) is 15.2. The third-order valence-corrected chi connectivity index (χ3v) is 7.03. The lowest BCUT2D eigenvalue weighted by molar-refractivity contribution is -0.138. The zero-order valence-electron chi connectivity index (χ0n) is 20.7. The third kappa shape index (κ3) is 5.82. The number of amides is 1. The van der Waals surface area contributed by atoms with E-state index in [4.69, 9.17) is 11.6 Å². The Kier molecular flexibility index (Phi) is 7.38. The average Bonchev–Trinajstić information content (AvgIpc) is 3.31. The van der Waals surface area contributed by atoms with Gasteiger partial charge in [0.1, 0.15) is 6.33 Å². The highest BCUT2D eigenvalue weighted by atomic mass is 35.5. The number of carbonyl (C=O) groups excluding carboxylic acids is 1. The smallest absolute Gasteiger partial charge is 0.326 e. The van der Waals surface area contributed by atoms with Crippen LogP contribution in [0.3, 0.4) is 0 Å². The molecule has 5 rings (SSSR count). The van der Waals surface area contributed by atoms with E-state index < -0.39 is 17.6 Å². The van der Waals surface area contributed by atoms with Gasteiger partial charge in [-0.05, 0) is 54.6 Å². The number of halogens is 4. The van der Waals surface area contributed by atoms with Crippen molar-refractivity contribution in [3.63, 3.8) is 0 Å². The molecule has 0 aliphatic carbocycles. The van der Waals surface area contributed by atoms with E-state index in [1.807, 2.05) is 28.6 Å². The lowest BCUT2D eigenvalue weighted by Gasteiger charge is -2.33. The zero-order valence-corrected chi connectivity index (χ0v) is 21.4. The quantitative estimate of drug-likeness (QED) is 0.370. The van der Waals surface area contributed by atoms with Crippen LogP contribution in [0.4, 0.5) is 18.9 Å². The molecule has 1 fully saturated rings. The number of anilines is 1.